The number of aromatic nitrogens is 1. The number of carbonyl (C=O) groups is 1. The quantitative estimate of drug-likeness (QED) is 0.592. The van der Waals surface area contributed by atoms with Crippen molar-refractivity contribution in [3.05, 3.63) is 47.8 Å². The van der Waals surface area contributed by atoms with Crippen LogP contribution in [0.1, 0.15) is 6.92 Å². The smallest absolute Gasteiger partial charge is 0.325 e. The second-order valence-electron chi connectivity index (χ2n) is 5.61. The largest absolute Gasteiger partial charge is 0.497 e. The Morgan fingerprint density at radius 2 is 1.89 bits per heavy atom. The molecule has 1 aromatic heterocycles. The monoisotopic (exact) mass is 399 g/mol. The molecule has 0 saturated heterocycles. The predicted molar refractivity (Wildman–Crippen MR) is 111 cm³/mol. The maximum absolute atomic E-state index is 12.4. The van der Waals surface area contributed by atoms with Crippen LogP contribution in [-0.4, -0.2) is 31.8 Å². The summed E-state index contributed by atoms with van der Waals surface area (Å²) in [5.41, 5.74) is 2.06. The van der Waals surface area contributed by atoms with Crippen LogP contribution < -0.4 is 24.8 Å². The number of nitrogens with one attached hydrogen (secondary N) is 2. The molecule has 7 nitrogen and oxygen atoms in total. The minimum Gasteiger partial charge on any atom is -0.497 e. The molecule has 2 aromatic carbocycles. The number of carbonyl (C=O) groups excluding carboxylic acids is 1. The van der Waals surface area contributed by atoms with Crippen molar-refractivity contribution in [1.29, 1.82) is 0 Å². The molecule has 0 fully saturated rings. The maximum atomic E-state index is 12.4. The summed E-state index contributed by atoms with van der Waals surface area (Å²) < 4.78 is 16.2. The van der Waals surface area contributed by atoms with E-state index in [0.717, 1.165) is 5.56 Å². The number of ether oxygens (including phenoxy) is 3. The Labute approximate surface area is 167 Å². The second-order valence-corrected chi connectivity index (χ2v) is 6.47. The first-order chi connectivity index (χ1) is 13.6. The lowest BCUT2D eigenvalue weighted by atomic mass is 10.1. The van der Waals surface area contributed by atoms with E-state index in [-0.39, 0.29) is 0 Å². The van der Waals surface area contributed by atoms with Gasteiger partial charge < -0.3 is 19.5 Å². The Bertz CT molecular complexity index is 958. The molecule has 8 heteroatoms. The summed E-state index contributed by atoms with van der Waals surface area (Å²) in [5, 5.41) is 7.84. The van der Waals surface area contributed by atoms with Gasteiger partial charge in [0.25, 0.3) is 0 Å². The highest BCUT2D eigenvalue weighted by atomic mass is 32.1. The highest BCUT2D eigenvalue weighted by molar-refractivity contribution is 7.14. The van der Waals surface area contributed by atoms with E-state index in [0.29, 0.717) is 40.4 Å². The number of hydrogen-bond donors (Lipinski definition) is 2. The number of para-hydroxylation sites is 2. The highest BCUT2D eigenvalue weighted by Gasteiger charge is 2.14. The molecular formula is C20H21N3O4S. The normalized spacial score (nSPS) is 10.2. The summed E-state index contributed by atoms with van der Waals surface area (Å²) in [7, 11) is 3.20. The summed E-state index contributed by atoms with van der Waals surface area (Å²) in [5.74, 6) is 1.98. The van der Waals surface area contributed by atoms with E-state index in [2.05, 4.69) is 15.6 Å². The van der Waals surface area contributed by atoms with E-state index in [4.69, 9.17) is 14.2 Å². The van der Waals surface area contributed by atoms with E-state index < -0.39 is 6.03 Å². The lowest BCUT2D eigenvalue weighted by Crippen LogP contribution is -2.19. The number of rotatable bonds is 7. The fourth-order valence-corrected chi connectivity index (χ4v) is 3.28. The molecule has 0 spiro atoms. The van der Waals surface area contributed by atoms with Crippen molar-refractivity contribution in [2.75, 3.05) is 31.5 Å². The number of amides is 2. The minimum absolute atomic E-state index is 0.398. The Morgan fingerprint density at radius 3 is 2.64 bits per heavy atom. The number of thiazole rings is 1. The molecule has 2 amide bonds. The van der Waals surface area contributed by atoms with Gasteiger partial charge in [-0.1, -0.05) is 12.1 Å². The van der Waals surface area contributed by atoms with Crippen LogP contribution in [0.2, 0.25) is 0 Å². The van der Waals surface area contributed by atoms with Gasteiger partial charge in [-0.2, -0.15) is 0 Å². The molecule has 0 unspecified atom stereocenters. The summed E-state index contributed by atoms with van der Waals surface area (Å²) in [6.07, 6.45) is 0. The van der Waals surface area contributed by atoms with Gasteiger partial charge in [0.05, 0.1) is 32.2 Å². The molecule has 0 aliphatic carbocycles. The molecule has 3 rings (SSSR count). The van der Waals surface area contributed by atoms with Crippen molar-refractivity contribution < 1.29 is 19.0 Å². The first-order valence-electron chi connectivity index (χ1n) is 8.62. The highest BCUT2D eigenvalue weighted by Crippen LogP contribution is 2.35. The lowest BCUT2D eigenvalue weighted by Gasteiger charge is -2.11. The molecule has 28 heavy (non-hydrogen) atoms. The van der Waals surface area contributed by atoms with Crippen LogP contribution in [0.4, 0.5) is 15.6 Å². The first-order valence-corrected chi connectivity index (χ1v) is 9.50. The Balaban J connectivity index is 1.74. The molecule has 0 atom stereocenters. The van der Waals surface area contributed by atoms with Gasteiger partial charge in [-0.05, 0) is 37.3 Å². The SMILES string of the molecule is CCOc1ccccc1NC(=O)Nc1nc(-c2cc(OC)ccc2OC)cs1. The lowest BCUT2D eigenvalue weighted by molar-refractivity contribution is 0.262. The van der Waals surface area contributed by atoms with Gasteiger partial charge in [-0.15, -0.1) is 11.3 Å². The fourth-order valence-electron chi connectivity index (χ4n) is 2.57. The van der Waals surface area contributed by atoms with Crippen LogP contribution in [0.25, 0.3) is 11.3 Å². The van der Waals surface area contributed by atoms with Gasteiger partial charge in [0, 0.05) is 10.9 Å². The molecule has 1 heterocycles. The third-order valence-electron chi connectivity index (χ3n) is 3.84. The Hall–Kier alpha value is -3.26. The topological polar surface area (TPSA) is 81.7 Å². The zero-order chi connectivity index (χ0) is 19.9. The first kappa shape index (κ1) is 19.5. The second kappa shape index (κ2) is 9.09. The molecule has 2 N–H and O–H groups in total. The molecule has 0 bridgehead atoms. The molecule has 0 radical (unpaired) electrons. The van der Waals surface area contributed by atoms with E-state index in [1.165, 1.54) is 11.3 Å². The molecule has 3 aromatic rings. The number of nitrogens with zero attached hydrogens (tertiary/aromatic N) is 1. The molecular weight excluding hydrogens is 378 g/mol. The van der Waals surface area contributed by atoms with Crippen molar-refractivity contribution in [3.8, 4) is 28.5 Å². The summed E-state index contributed by atoms with van der Waals surface area (Å²) in [6.45, 7) is 2.40. The van der Waals surface area contributed by atoms with Gasteiger partial charge in [0.15, 0.2) is 5.13 Å². The van der Waals surface area contributed by atoms with Crippen LogP contribution in [0.3, 0.4) is 0 Å². The van der Waals surface area contributed by atoms with E-state index in [9.17, 15) is 4.79 Å². The summed E-state index contributed by atoms with van der Waals surface area (Å²) in [6, 6.07) is 12.3. The predicted octanol–water partition coefficient (Wildman–Crippen LogP) is 4.87. The van der Waals surface area contributed by atoms with Crippen LogP contribution >= 0.6 is 11.3 Å². The number of anilines is 2. The van der Waals surface area contributed by atoms with E-state index in [1.807, 2.05) is 42.6 Å². The average molecular weight is 399 g/mol. The van der Waals surface area contributed by atoms with Gasteiger partial charge >= 0.3 is 6.03 Å². The zero-order valence-corrected chi connectivity index (χ0v) is 16.6. The van der Waals surface area contributed by atoms with Crippen molar-refractivity contribution >= 4 is 28.2 Å². The van der Waals surface area contributed by atoms with Gasteiger partial charge in [0.1, 0.15) is 17.2 Å². The maximum Gasteiger partial charge on any atom is 0.325 e. The van der Waals surface area contributed by atoms with E-state index >= 15 is 0 Å². The summed E-state index contributed by atoms with van der Waals surface area (Å²) >= 11 is 1.32. The van der Waals surface area contributed by atoms with Crippen molar-refractivity contribution in [2.24, 2.45) is 0 Å². The zero-order valence-electron chi connectivity index (χ0n) is 15.8. The molecule has 146 valence electrons. The fraction of sp³-hybridized carbons (Fsp3) is 0.200. The number of methoxy groups -OCH3 is 2. The van der Waals surface area contributed by atoms with E-state index in [1.54, 1.807) is 26.4 Å². The van der Waals surface area contributed by atoms with Crippen molar-refractivity contribution in [2.45, 2.75) is 6.92 Å². The molecule has 0 aliphatic heterocycles. The number of urea groups is 1. The third-order valence-corrected chi connectivity index (χ3v) is 4.60. The Kier molecular flexibility index (Phi) is 6.33. The standard InChI is InChI=1S/C20H21N3O4S/c1-4-27-18-8-6-5-7-15(18)21-19(24)23-20-22-16(12-28-20)14-11-13(25-2)9-10-17(14)26-3/h5-12H,4H2,1-3H3,(H2,21,22,23,24). The summed E-state index contributed by atoms with van der Waals surface area (Å²) in [4.78, 5) is 16.8. The van der Waals surface area contributed by atoms with Crippen LogP contribution in [0.15, 0.2) is 47.8 Å². The van der Waals surface area contributed by atoms with Crippen molar-refractivity contribution in [3.63, 3.8) is 0 Å². The van der Waals surface area contributed by atoms with Gasteiger partial charge in [-0.3, -0.25) is 5.32 Å². The minimum atomic E-state index is -0.398. The molecule has 0 saturated carbocycles. The van der Waals surface area contributed by atoms with Crippen molar-refractivity contribution in [1.82, 2.24) is 4.98 Å². The van der Waals surface area contributed by atoms with Crippen LogP contribution in [0.5, 0.6) is 17.2 Å². The average Bonchev–Trinajstić information content (AvgIpc) is 3.17. The van der Waals surface area contributed by atoms with Gasteiger partial charge in [-0.25, -0.2) is 9.78 Å². The number of benzene rings is 2. The molecule has 0 aliphatic rings. The van der Waals surface area contributed by atoms with Crippen LogP contribution in [-0.2, 0) is 0 Å². The van der Waals surface area contributed by atoms with Crippen LogP contribution in [0, 0.1) is 0 Å². The third kappa shape index (κ3) is 4.52. The van der Waals surface area contributed by atoms with Gasteiger partial charge in [0.2, 0.25) is 0 Å². The Morgan fingerprint density at radius 1 is 1.07 bits per heavy atom. The number of hydrogen-bond acceptors (Lipinski definition) is 6.